The summed E-state index contributed by atoms with van der Waals surface area (Å²) in [4.78, 5) is 23.4. The van der Waals surface area contributed by atoms with Gasteiger partial charge in [0.15, 0.2) is 0 Å². The molecule has 0 radical (unpaired) electrons. The third-order valence-corrected chi connectivity index (χ3v) is 1.83. The lowest BCUT2D eigenvalue weighted by Gasteiger charge is -2.11. The second kappa shape index (κ2) is 4.45. The first-order chi connectivity index (χ1) is 7.00. The summed E-state index contributed by atoms with van der Waals surface area (Å²) in [7, 11) is 3.29. The van der Waals surface area contributed by atoms with Gasteiger partial charge in [-0.2, -0.15) is 0 Å². The van der Waals surface area contributed by atoms with Crippen LogP contribution in [0.15, 0.2) is 24.3 Å². The highest BCUT2D eigenvalue weighted by molar-refractivity contribution is 5.94. The Balaban J connectivity index is 2.73. The van der Waals surface area contributed by atoms with E-state index in [-0.39, 0.29) is 6.03 Å². The van der Waals surface area contributed by atoms with Gasteiger partial charge in [0, 0.05) is 25.3 Å². The highest BCUT2D eigenvalue weighted by atomic mass is 16.2. The van der Waals surface area contributed by atoms with Crippen LogP contribution in [0.5, 0.6) is 0 Å². The minimum atomic E-state index is -0.486. The van der Waals surface area contributed by atoms with Crippen molar-refractivity contribution in [3.8, 4) is 0 Å². The molecule has 0 fully saturated rings. The zero-order valence-electron chi connectivity index (χ0n) is 8.65. The number of anilines is 1. The molecule has 5 nitrogen and oxygen atoms in total. The zero-order chi connectivity index (χ0) is 11.4. The molecule has 5 heteroatoms. The molecule has 0 spiro atoms. The Kier molecular flexibility index (Phi) is 3.28. The van der Waals surface area contributed by atoms with Gasteiger partial charge in [-0.3, -0.25) is 4.79 Å². The van der Waals surface area contributed by atoms with Crippen LogP contribution in [0.1, 0.15) is 10.4 Å². The predicted octanol–water partition coefficient (Wildman–Crippen LogP) is 0.879. The molecule has 0 unspecified atom stereocenters. The average Bonchev–Trinajstić information content (AvgIpc) is 2.18. The predicted molar refractivity (Wildman–Crippen MR) is 57.7 cm³/mol. The van der Waals surface area contributed by atoms with Crippen molar-refractivity contribution in [1.82, 2.24) is 4.90 Å². The van der Waals surface area contributed by atoms with Crippen molar-refractivity contribution in [2.45, 2.75) is 0 Å². The van der Waals surface area contributed by atoms with Gasteiger partial charge in [-0.05, 0) is 24.3 Å². The fourth-order valence-electron chi connectivity index (χ4n) is 0.953. The van der Waals surface area contributed by atoms with Gasteiger partial charge in [0.2, 0.25) is 5.91 Å². The van der Waals surface area contributed by atoms with Crippen LogP contribution in [-0.4, -0.2) is 30.9 Å². The second-order valence-corrected chi connectivity index (χ2v) is 3.27. The van der Waals surface area contributed by atoms with Crippen LogP contribution < -0.4 is 11.1 Å². The lowest BCUT2D eigenvalue weighted by Crippen LogP contribution is -2.27. The van der Waals surface area contributed by atoms with Gasteiger partial charge in [0.25, 0.3) is 0 Å². The number of nitrogens with two attached hydrogens (primary N) is 1. The fourth-order valence-corrected chi connectivity index (χ4v) is 0.953. The normalized spacial score (nSPS) is 9.47. The highest BCUT2D eigenvalue weighted by Gasteiger charge is 2.04. The lowest BCUT2D eigenvalue weighted by molar-refractivity contribution is 0.100. The van der Waals surface area contributed by atoms with Crippen molar-refractivity contribution in [2.24, 2.45) is 5.73 Å². The molecule has 0 aliphatic rings. The third-order valence-electron chi connectivity index (χ3n) is 1.83. The Morgan fingerprint density at radius 1 is 1.20 bits per heavy atom. The minimum absolute atomic E-state index is 0.221. The van der Waals surface area contributed by atoms with Crippen molar-refractivity contribution in [2.75, 3.05) is 19.4 Å². The van der Waals surface area contributed by atoms with E-state index in [0.717, 1.165) is 0 Å². The van der Waals surface area contributed by atoms with E-state index in [1.54, 1.807) is 38.4 Å². The molecule has 3 N–H and O–H groups in total. The average molecular weight is 207 g/mol. The maximum Gasteiger partial charge on any atom is 0.321 e. The van der Waals surface area contributed by atoms with E-state index in [4.69, 9.17) is 5.73 Å². The van der Waals surface area contributed by atoms with E-state index in [0.29, 0.717) is 11.3 Å². The topological polar surface area (TPSA) is 75.4 Å². The molecule has 1 aromatic carbocycles. The molecule has 1 rings (SSSR count). The highest BCUT2D eigenvalue weighted by Crippen LogP contribution is 2.09. The van der Waals surface area contributed by atoms with Gasteiger partial charge >= 0.3 is 6.03 Å². The number of primary amides is 1. The van der Waals surface area contributed by atoms with Crippen LogP contribution in [0.25, 0.3) is 0 Å². The molecule has 0 bridgehead atoms. The number of nitrogens with one attached hydrogen (secondary N) is 1. The number of hydrogen-bond acceptors (Lipinski definition) is 2. The SMILES string of the molecule is CN(C)C(=O)Nc1ccc(C(N)=O)cc1. The number of rotatable bonds is 2. The van der Waals surface area contributed by atoms with E-state index in [1.807, 2.05) is 0 Å². The van der Waals surface area contributed by atoms with Gasteiger partial charge in [-0.15, -0.1) is 0 Å². The quantitative estimate of drug-likeness (QED) is 0.755. The molecular formula is C10H13N3O2. The molecule has 0 saturated heterocycles. The van der Waals surface area contributed by atoms with E-state index >= 15 is 0 Å². The summed E-state index contributed by atoms with van der Waals surface area (Å²) < 4.78 is 0. The maximum absolute atomic E-state index is 11.3. The standard InChI is InChI=1S/C10H13N3O2/c1-13(2)10(15)12-8-5-3-7(4-6-8)9(11)14/h3-6H,1-2H3,(H2,11,14)(H,12,15). The Labute approximate surface area is 87.9 Å². The number of urea groups is 1. The Morgan fingerprint density at radius 2 is 1.73 bits per heavy atom. The molecule has 0 atom stereocenters. The van der Waals surface area contributed by atoms with E-state index in [2.05, 4.69) is 5.32 Å². The number of carbonyl (C=O) groups is 2. The zero-order valence-corrected chi connectivity index (χ0v) is 8.65. The Bertz CT molecular complexity index is 371. The van der Waals surface area contributed by atoms with Crippen LogP contribution in [-0.2, 0) is 0 Å². The monoisotopic (exact) mass is 207 g/mol. The van der Waals surface area contributed by atoms with E-state index < -0.39 is 5.91 Å². The van der Waals surface area contributed by atoms with Gasteiger partial charge in [-0.1, -0.05) is 0 Å². The first-order valence-electron chi connectivity index (χ1n) is 4.39. The number of hydrogen-bond donors (Lipinski definition) is 2. The summed E-state index contributed by atoms with van der Waals surface area (Å²) >= 11 is 0. The van der Waals surface area contributed by atoms with Crippen LogP contribution in [0.3, 0.4) is 0 Å². The summed E-state index contributed by atoms with van der Waals surface area (Å²) in [5.41, 5.74) is 6.12. The summed E-state index contributed by atoms with van der Waals surface area (Å²) in [6, 6.07) is 6.16. The number of benzene rings is 1. The van der Waals surface area contributed by atoms with Crippen LogP contribution >= 0.6 is 0 Å². The smallest absolute Gasteiger partial charge is 0.321 e. The lowest BCUT2D eigenvalue weighted by atomic mass is 10.2. The molecule has 0 aliphatic carbocycles. The molecule has 0 saturated carbocycles. The molecule has 3 amide bonds. The van der Waals surface area contributed by atoms with Gasteiger partial charge in [0.05, 0.1) is 0 Å². The number of nitrogens with zero attached hydrogens (tertiary/aromatic N) is 1. The van der Waals surface area contributed by atoms with Gasteiger partial charge in [0.1, 0.15) is 0 Å². The molecule has 80 valence electrons. The van der Waals surface area contributed by atoms with Crippen LogP contribution in [0.2, 0.25) is 0 Å². The molecule has 0 heterocycles. The van der Waals surface area contributed by atoms with E-state index in [9.17, 15) is 9.59 Å². The number of amides is 3. The first kappa shape index (κ1) is 11.0. The molecule has 15 heavy (non-hydrogen) atoms. The van der Waals surface area contributed by atoms with Crippen LogP contribution in [0, 0.1) is 0 Å². The fraction of sp³-hybridized carbons (Fsp3) is 0.200. The Morgan fingerprint density at radius 3 is 2.13 bits per heavy atom. The molecule has 0 aromatic heterocycles. The summed E-state index contributed by atoms with van der Waals surface area (Å²) in [6.45, 7) is 0. The van der Waals surface area contributed by atoms with Crippen LogP contribution in [0.4, 0.5) is 10.5 Å². The van der Waals surface area contributed by atoms with Crippen molar-refractivity contribution >= 4 is 17.6 Å². The maximum atomic E-state index is 11.3. The van der Waals surface area contributed by atoms with E-state index in [1.165, 1.54) is 4.90 Å². The summed E-state index contributed by atoms with van der Waals surface area (Å²) in [5, 5.41) is 2.64. The largest absolute Gasteiger partial charge is 0.366 e. The summed E-state index contributed by atoms with van der Waals surface area (Å²) in [5.74, 6) is -0.486. The van der Waals surface area contributed by atoms with Gasteiger partial charge in [-0.25, -0.2) is 4.79 Å². The van der Waals surface area contributed by atoms with Gasteiger partial charge < -0.3 is 16.0 Å². The minimum Gasteiger partial charge on any atom is -0.366 e. The van der Waals surface area contributed by atoms with Crippen molar-refractivity contribution < 1.29 is 9.59 Å². The third kappa shape index (κ3) is 2.98. The molecule has 0 aliphatic heterocycles. The molecular weight excluding hydrogens is 194 g/mol. The molecule has 1 aromatic rings. The first-order valence-corrected chi connectivity index (χ1v) is 4.39. The summed E-state index contributed by atoms with van der Waals surface area (Å²) in [6.07, 6.45) is 0. The van der Waals surface area contributed by atoms with Crippen molar-refractivity contribution in [3.05, 3.63) is 29.8 Å². The second-order valence-electron chi connectivity index (χ2n) is 3.27. The van der Waals surface area contributed by atoms with Crippen molar-refractivity contribution in [3.63, 3.8) is 0 Å². The Hall–Kier alpha value is -2.04. The van der Waals surface area contributed by atoms with Crippen molar-refractivity contribution in [1.29, 1.82) is 0 Å². The number of carbonyl (C=O) groups excluding carboxylic acids is 2.